The van der Waals surface area contributed by atoms with Crippen LogP contribution in [0.3, 0.4) is 0 Å². The first-order valence-electron chi connectivity index (χ1n) is 6.90. The van der Waals surface area contributed by atoms with Crippen LogP contribution in [0, 0.1) is 5.92 Å². The molecule has 21 heavy (non-hydrogen) atoms. The minimum atomic E-state index is -0.849. The van der Waals surface area contributed by atoms with E-state index < -0.39 is 11.9 Å². The molecule has 1 aliphatic heterocycles. The van der Waals surface area contributed by atoms with Crippen LogP contribution in [0.5, 0.6) is 0 Å². The first kappa shape index (κ1) is 15.5. The van der Waals surface area contributed by atoms with Gasteiger partial charge in [-0.05, 0) is 24.3 Å². The number of likely N-dealkylation sites (tertiary alicyclic amines) is 1. The summed E-state index contributed by atoms with van der Waals surface area (Å²) >= 11 is 1.35. The number of carboxylic acids is 1. The monoisotopic (exact) mass is 310 g/mol. The summed E-state index contributed by atoms with van der Waals surface area (Å²) in [4.78, 5) is 36.9. The number of carbonyl (C=O) groups excluding carboxylic acids is 2. The number of nitrogens with zero attached hydrogens (tertiary/aromatic N) is 1. The van der Waals surface area contributed by atoms with Gasteiger partial charge in [0.25, 0.3) is 5.91 Å². The van der Waals surface area contributed by atoms with Gasteiger partial charge in [0.05, 0.1) is 10.8 Å². The van der Waals surface area contributed by atoms with Crippen LogP contribution >= 0.6 is 11.3 Å². The molecule has 1 atom stereocenters. The molecule has 0 unspecified atom stereocenters. The van der Waals surface area contributed by atoms with Crippen molar-refractivity contribution in [3.05, 3.63) is 22.4 Å². The Morgan fingerprint density at radius 3 is 2.90 bits per heavy atom. The Balaban J connectivity index is 1.74. The average Bonchev–Trinajstić information content (AvgIpc) is 3.01. The molecule has 6 nitrogen and oxygen atoms in total. The third-order valence-electron chi connectivity index (χ3n) is 3.49. The topological polar surface area (TPSA) is 86.7 Å². The number of thiophene rings is 1. The molecule has 1 aromatic rings. The van der Waals surface area contributed by atoms with Crippen molar-refractivity contribution in [1.29, 1.82) is 0 Å². The summed E-state index contributed by atoms with van der Waals surface area (Å²) in [6.07, 6.45) is 1.53. The number of carbonyl (C=O) groups is 3. The van der Waals surface area contributed by atoms with E-state index in [-0.39, 0.29) is 31.3 Å². The fraction of sp³-hybridized carbons (Fsp3) is 0.500. The smallest absolute Gasteiger partial charge is 0.308 e. The van der Waals surface area contributed by atoms with Gasteiger partial charge in [0, 0.05) is 26.1 Å². The molecule has 1 fully saturated rings. The van der Waals surface area contributed by atoms with Crippen molar-refractivity contribution in [3.8, 4) is 0 Å². The number of rotatable bonds is 5. The summed E-state index contributed by atoms with van der Waals surface area (Å²) in [5.41, 5.74) is 0. The van der Waals surface area contributed by atoms with E-state index in [1.54, 1.807) is 17.0 Å². The normalized spacial score (nSPS) is 18.3. The van der Waals surface area contributed by atoms with Gasteiger partial charge >= 0.3 is 5.97 Å². The van der Waals surface area contributed by atoms with Gasteiger partial charge in [-0.15, -0.1) is 11.3 Å². The van der Waals surface area contributed by atoms with Gasteiger partial charge in [-0.2, -0.15) is 0 Å². The third kappa shape index (κ3) is 4.29. The molecule has 2 N–H and O–H groups in total. The van der Waals surface area contributed by atoms with Crippen molar-refractivity contribution in [3.63, 3.8) is 0 Å². The fourth-order valence-corrected chi connectivity index (χ4v) is 2.98. The highest BCUT2D eigenvalue weighted by Crippen LogP contribution is 2.17. The van der Waals surface area contributed by atoms with Crippen molar-refractivity contribution in [1.82, 2.24) is 10.2 Å². The Hall–Kier alpha value is -1.89. The molecule has 1 saturated heterocycles. The van der Waals surface area contributed by atoms with E-state index in [2.05, 4.69) is 5.32 Å². The number of nitrogens with one attached hydrogen (secondary N) is 1. The van der Waals surface area contributed by atoms with Crippen LogP contribution in [0.4, 0.5) is 0 Å². The second-order valence-corrected chi connectivity index (χ2v) is 5.95. The molecule has 1 aromatic heterocycles. The Morgan fingerprint density at radius 2 is 2.24 bits per heavy atom. The molecule has 0 spiro atoms. The van der Waals surface area contributed by atoms with Gasteiger partial charge in [-0.3, -0.25) is 14.4 Å². The van der Waals surface area contributed by atoms with Crippen LogP contribution < -0.4 is 5.32 Å². The lowest BCUT2D eigenvalue weighted by Gasteiger charge is -2.30. The summed E-state index contributed by atoms with van der Waals surface area (Å²) in [6.45, 7) is 1.14. The predicted octanol–water partition coefficient (Wildman–Crippen LogP) is 1.19. The zero-order chi connectivity index (χ0) is 15.2. The van der Waals surface area contributed by atoms with Crippen molar-refractivity contribution in [2.75, 3.05) is 19.6 Å². The summed E-state index contributed by atoms with van der Waals surface area (Å²) < 4.78 is 0. The number of amides is 2. The maximum absolute atomic E-state index is 12.0. The highest BCUT2D eigenvalue weighted by atomic mass is 32.1. The number of carboxylic acid groups (broad SMARTS) is 1. The molecule has 2 amide bonds. The van der Waals surface area contributed by atoms with Gasteiger partial charge in [0.15, 0.2) is 0 Å². The van der Waals surface area contributed by atoms with Crippen molar-refractivity contribution < 1.29 is 19.5 Å². The first-order chi connectivity index (χ1) is 10.1. The fourth-order valence-electron chi connectivity index (χ4n) is 2.34. The quantitative estimate of drug-likeness (QED) is 0.855. The van der Waals surface area contributed by atoms with Gasteiger partial charge in [0.1, 0.15) is 0 Å². The standard InChI is InChI=1S/C14H18N2O4S/c17-12(16-7-1-3-10(9-16)14(19)20)5-6-15-13(18)11-4-2-8-21-11/h2,4,8,10H,1,3,5-7,9H2,(H,15,18)(H,19,20)/t10-/m1/s1. The van der Waals surface area contributed by atoms with Crippen LogP contribution in [0.25, 0.3) is 0 Å². The lowest BCUT2D eigenvalue weighted by molar-refractivity contribution is -0.145. The first-order valence-corrected chi connectivity index (χ1v) is 7.78. The van der Waals surface area contributed by atoms with Gasteiger partial charge in [-0.25, -0.2) is 0 Å². The molecular weight excluding hydrogens is 292 g/mol. The van der Waals surface area contributed by atoms with Gasteiger partial charge in [-0.1, -0.05) is 6.07 Å². The molecule has 0 bridgehead atoms. The maximum Gasteiger partial charge on any atom is 0.308 e. The number of piperidine rings is 1. The molecular formula is C14H18N2O4S. The Kier molecular flexibility index (Phi) is 5.32. The SMILES string of the molecule is O=C(NCCC(=O)N1CCC[C@@H](C(=O)O)C1)c1cccs1. The van der Waals surface area contributed by atoms with E-state index in [1.807, 2.05) is 5.38 Å². The van der Waals surface area contributed by atoms with E-state index in [9.17, 15) is 14.4 Å². The highest BCUT2D eigenvalue weighted by Gasteiger charge is 2.27. The van der Waals surface area contributed by atoms with Crippen LogP contribution in [0.15, 0.2) is 17.5 Å². The second kappa shape index (κ2) is 7.21. The lowest BCUT2D eigenvalue weighted by atomic mass is 9.98. The van der Waals surface area contributed by atoms with E-state index in [4.69, 9.17) is 5.11 Å². The minimum absolute atomic E-state index is 0.104. The van der Waals surface area contributed by atoms with Crippen LogP contribution in [0.2, 0.25) is 0 Å². The zero-order valence-corrected chi connectivity index (χ0v) is 12.4. The molecule has 0 saturated carbocycles. The lowest BCUT2D eigenvalue weighted by Crippen LogP contribution is -2.43. The van der Waals surface area contributed by atoms with Crippen LogP contribution in [-0.4, -0.2) is 47.4 Å². The second-order valence-electron chi connectivity index (χ2n) is 5.00. The molecule has 7 heteroatoms. The molecule has 2 rings (SSSR count). The average molecular weight is 310 g/mol. The summed E-state index contributed by atoms with van der Waals surface area (Å²) in [6, 6.07) is 3.52. The minimum Gasteiger partial charge on any atom is -0.481 e. The summed E-state index contributed by atoms with van der Waals surface area (Å²) in [5.74, 6) is -1.60. The predicted molar refractivity (Wildman–Crippen MR) is 78.2 cm³/mol. The maximum atomic E-state index is 12.0. The van der Waals surface area contributed by atoms with Crippen LogP contribution in [-0.2, 0) is 9.59 Å². The molecule has 2 heterocycles. The Bertz CT molecular complexity index is 515. The molecule has 0 aromatic carbocycles. The Morgan fingerprint density at radius 1 is 1.43 bits per heavy atom. The van der Waals surface area contributed by atoms with E-state index in [0.717, 1.165) is 0 Å². The van der Waals surface area contributed by atoms with Crippen molar-refractivity contribution in [2.24, 2.45) is 5.92 Å². The Labute approximate surface area is 126 Å². The molecule has 114 valence electrons. The van der Waals surface area contributed by atoms with E-state index in [1.165, 1.54) is 11.3 Å². The van der Waals surface area contributed by atoms with Crippen molar-refractivity contribution >= 4 is 29.1 Å². The van der Waals surface area contributed by atoms with E-state index >= 15 is 0 Å². The summed E-state index contributed by atoms with van der Waals surface area (Å²) in [5, 5.41) is 13.5. The molecule has 1 aliphatic rings. The molecule has 0 radical (unpaired) electrons. The zero-order valence-electron chi connectivity index (χ0n) is 11.6. The number of aliphatic carboxylic acids is 1. The number of hydrogen-bond acceptors (Lipinski definition) is 4. The molecule has 0 aliphatic carbocycles. The van der Waals surface area contributed by atoms with E-state index in [0.29, 0.717) is 24.3 Å². The largest absolute Gasteiger partial charge is 0.481 e. The van der Waals surface area contributed by atoms with Gasteiger partial charge < -0.3 is 15.3 Å². The number of hydrogen-bond donors (Lipinski definition) is 2. The van der Waals surface area contributed by atoms with Gasteiger partial charge in [0.2, 0.25) is 5.91 Å². The summed E-state index contributed by atoms with van der Waals surface area (Å²) in [7, 11) is 0. The highest BCUT2D eigenvalue weighted by molar-refractivity contribution is 7.12. The third-order valence-corrected chi connectivity index (χ3v) is 4.36. The van der Waals surface area contributed by atoms with Crippen molar-refractivity contribution in [2.45, 2.75) is 19.3 Å². The van der Waals surface area contributed by atoms with Crippen LogP contribution in [0.1, 0.15) is 28.9 Å².